The molecule has 44 nitrogen and oxygen atoms in total. The Kier molecular flexibility index (Phi) is 43.1. The SMILES string of the molecule is N=C(N)NCCC[C@@H]1NC(=O)[C@H](CCCCNC(=O)CC[PH](=O)CN2CCN(CP(=O)(O)CCC(=O)O)CCN(CP(=O)(O)CCC(=O)NCCCC[C@@H]3NC(=O)[C@@H](Cc4ccccc4)NC(=O)[C@H](CC(=O)O)NC(=O)CNC(=O)[C@H](CCCNC(=N)N)NC3=O)CC2)NC(=O)[C@@H](Cc2ccccc2)NC(=O)[C@H](CC(=O)O)NC(=O)CNC1=O. The molecule has 2 aromatic carbocycles. The summed E-state index contributed by atoms with van der Waals surface area (Å²) < 4.78 is 41.2. The molecular formula is C72H114N21O23P3. The van der Waals surface area contributed by atoms with E-state index in [2.05, 4.69) is 74.4 Å². The summed E-state index contributed by atoms with van der Waals surface area (Å²) in [4.78, 5) is 227. The Bertz CT molecular complexity index is 3970. The number of rotatable bonds is 41. The van der Waals surface area contributed by atoms with Gasteiger partial charge in [0.1, 0.15) is 48.3 Å². The topological polar surface area (TPSA) is 686 Å². The molecule has 3 aliphatic heterocycles. The van der Waals surface area contributed by atoms with E-state index in [0.29, 0.717) is 11.1 Å². The van der Waals surface area contributed by atoms with E-state index in [1.165, 1.54) is 0 Å². The van der Waals surface area contributed by atoms with Crippen LogP contribution in [0.15, 0.2) is 60.7 Å². The molecule has 2 aromatic rings. The van der Waals surface area contributed by atoms with Gasteiger partial charge in [0.05, 0.1) is 52.7 Å². The highest BCUT2D eigenvalue weighted by molar-refractivity contribution is 7.58. The smallest absolute Gasteiger partial charge is 0.305 e. The molecule has 660 valence electrons. The molecule has 47 heteroatoms. The number of amides is 12. The van der Waals surface area contributed by atoms with Crippen LogP contribution in [-0.4, -0.2) is 305 Å². The second-order valence-electron chi connectivity index (χ2n) is 29.1. The monoisotopic (exact) mass is 1730 g/mol. The van der Waals surface area contributed by atoms with Gasteiger partial charge < -0.3 is 116 Å². The van der Waals surface area contributed by atoms with E-state index < -0.39 is 223 Å². The predicted octanol–water partition coefficient (Wildman–Crippen LogP) is -5.19. The number of guanidine groups is 2. The fourth-order valence-corrected chi connectivity index (χ4v) is 17.5. The maximum Gasteiger partial charge on any atom is 0.305 e. The van der Waals surface area contributed by atoms with Crippen LogP contribution in [-0.2, 0) is 98.5 Å². The number of benzene rings is 2. The molecule has 3 heterocycles. The molecule has 0 spiro atoms. The number of carbonyl (C=O) groups excluding carboxylic acids is 12. The highest BCUT2D eigenvalue weighted by Crippen LogP contribution is 2.43. The van der Waals surface area contributed by atoms with E-state index in [4.69, 9.17) is 22.3 Å². The number of carboxylic acids is 3. The van der Waals surface area contributed by atoms with Gasteiger partial charge in [0.2, 0.25) is 85.6 Å². The minimum Gasteiger partial charge on any atom is -0.481 e. The number of nitrogens with one attached hydrogen (secondary N) is 16. The lowest BCUT2D eigenvalue weighted by atomic mass is 10.0. The van der Waals surface area contributed by atoms with Gasteiger partial charge in [-0.2, -0.15) is 0 Å². The summed E-state index contributed by atoms with van der Waals surface area (Å²) in [5.41, 5.74) is 11.9. The highest BCUT2D eigenvalue weighted by atomic mass is 31.2. The molecule has 0 saturated carbocycles. The molecular weight excluding hydrogens is 1620 g/mol. The fraction of sp³-hybridized carbons (Fsp3) is 0.597. The molecule has 3 saturated heterocycles. The first-order valence-corrected chi connectivity index (χ1v) is 45.0. The zero-order valence-electron chi connectivity index (χ0n) is 66.1. The summed E-state index contributed by atoms with van der Waals surface area (Å²) in [7, 11) is -10.9. The van der Waals surface area contributed by atoms with Crippen molar-refractivity contribution in [2.75, 3.05) is 116 Å². The zero-order chi connectivity index (χ0) is 87.6. The molecule has 0 aliphatic carbocycles. The minimum absolute atomic E-state index is 0.0301. The molecule has 5 rings (SSSR count). The number of nitrogens with zero attached hydrogens (tertiary/aromatic N) is 3. The van der Waals surface area contributed by atoms with Gasteiger partial charge >= 0.3 is 17.9 Å². The summed E-state index contributed by atoms with van der Waals surface area (Å²) in [5, 5.41) is 79.0. The number of carboxylic acid groups (broad SMARTS) is 3. The standard InChI is InChI=1S/C72H114N21O23P3/c73-71(74)79-26-11-19-48-63(104)81-41-58(96)83-54(39-61(100)101)69(110)89-52(37-46-13-3-1-4-14-46)67(108)87-50(65(106)85-48)17-7-9-24-77-56(94)21-34-117(112)43-91-28-30-92(32-33-93(31-29-91)45-119(115,116)36-23-60(98)99)44-118(113,114)35-22-57(95)78-25-10-8-18-51-66(107)86-49(20-12-27-80-72(75)76)64(105)82-42-59(97)84-55(40-62(102)103)70(111)90-53(68(109)88-51)38-47-15-5-2-6-16-47/h1-6,13-16,48-55,117H,7-12,17-45H2,(H,77,94)(H,78,95)(H,81,104)(H,82,105)(H,83,96)(H,84,97)(H,85,106)(H,86,107)(H,87,108)(H,88,109)(H,89,110)(H,90,111)(H,98,99)(H,100,101)(H,102,103)(H,113,114)(H,115,116)(H4,73,74,79)(H4,75,76,80)/t48-,49-,50-,51-,52+,53+,54-,55-/m0/s1. The van der Waals surface area contributed by atoms with Gasteiger partial charge in [0.15, 0.2) is 11.9 Å². The highest BCUT2D eigenvalue weighted by Gasteiger charge is 2.37. The second-order valence-corrected chi connectivity index (χ2v) is 35.9. The van der Waals surface area contributed by atoms with Crippen molar-refractivity contribution in [1.82, 2.24) is 89.1 Å². The van der Waals surface area contributed by atoms with Crippen molar-refractivity contribution >= 4 is 123 Å². The number of hydrogen-bond donors (Lipinski definition) is 23. The Balaban J connectivity index is 1.20. The molecule has 0 aromatic heterocycles. The normalized spacial score (nSPS) is 22.2. The third-order valence-corrected chi connectivity index (χ3v) is 24.3. The van der Waals surface area contributed by atoms with Crippen LogP contribution >= 0.6 is 22.5 Å². The lowest BCUT2D eigenvalue weighted by molar-refractivity contribution is -0.141. The molecule has 3 unspecified atom stereocenters. The predicted molar refractivity (Wildman–Crippen MR) is 432 cm³/mol. The Hall–Kier alpha value is -10.5. The first-order chi connectivity index (χ1) is 56.4. The quantitative estimate of drug-likeness (QED) is 0.0128. The lowest BCUT2D eigenvalue weighted by Gasteiger charge is -2.28. The largest absolute Gasteiger partial charge is 0.481 e. The van der Waals surface area contributed by atoms with Gasteiger partial charge in [-0.25, -0.2) is 0 Å². The first-order valence-electron chi connectivity index (χ1n) is 39.1. The van der Waals surface area contributed by atoms with Crippen LogP contribution in [0.4, 0.5) is 0 Å². The maximum absolute atomic E-state index is 14.2. The van der Waals surface area contributed by atoms with Crippen LogP contribution in [0.2, 0.25) is 0 Å². The van der Waals surface area contributed by atoms with Crippen LogP contribution in [0.25, 0.3) is 0 Å². The Morgan fingerprint density at radius 1 is 0.420 bits per heavy atom. The summed E-state index contributed by atoms with van der Waals surface area (Å²) in [6.45, 7) is -0.575. The van der Waals surface area contributed by atoms with E-state index in [9.17, 15) is 111 Å². The number of unbranched alkanes of at least 4 members (excludes halogenated alkanes) is 2. The van der Waals surface area contributed by atoms with E-state index in [1.54, 1.807) is 75.4 Å². The van der Waals surface area contributed by atoms with E-state index >= 15 is 0 Å². The van der Waals surface area contributed by atoms with E-state index in [1.807, 2.05) is 0 Å². The van der Waals surface area contributed by atoms with Crippen molar-refractivity contribution in [2.45, 2.75) is 157 Å². The number of aliphatic carboxylic acids is 3. The van der Waals surface area contributed by atoms with Gasteiger partial charge in [-0.15, -0.1) is 0 Å². The molecule has 0 bridgehead atoms. The third-order valence-electron chi connectivity index (χ3n) is 19.2. The van der Waals surface area contributed by atoms with Gasteiger partial charge in [-0.05, 0) is 75.3 Å². The molecule has 0 radical (unpaired) electrons. The molecule has 12 amide bonds. The Morgan fingerprint density at radius 2 is 0.748 bits per heavy atom. The molecule has 3 fully saturated rings. The van der Waals surface area contributed by atoms with Crippen molar-refractivity contribution in [2.24, 2.45) is 11.5 Å². The van der Waals surface area contributed by atoms with Gasteiger partial charge in [0.25, 0.3) is 0 Å². The average Bonchev–Trinajstić information content (AvgIpc) is 1.82. The number of carbonyl (C=O) groups is 15. The van der Waals surface area contributed by atoms with Crippen LogP contribution < -0.4 is 85.9 Å². The molecule has 11 atom stereocenters. The summed E-state index contributed by atoms with van der Waals surface area (Å²) in [6, 6.07) is 5.03. The van der Waals surface area contributed by atoms with Crippen LogP contribution in [0.1, 0.15) is 107 Å². The van der Waals surface area contributed by atoms with Crippen LogP contribution in [0.3, 0.4) is 0 Å². The summed E-state index contributed by atoms with van der Waals surface area (Å²) in [5.74, 6) is -15.3. The van der Waals surface area contributed by atoms with Crippen molar-refractivity contribution in [1.29, 1.82) is 10.8 Å². The van der Waals surface area contributed by atoms with Crippen LogP contribution in [0.5, 0.6) is 0 Å². The fourth-order valence-electron chi connectivity index (χ4n) is 12.8. The van der Waals surface area contributed by atoms with Crippen molar-refractivity contribution in [3.63, 3.8) is 0 Å². The number of hydrogen-bond acceptors (Lipinski definition) is 23. The maximum atomic E-state index is 14.2. The molecule has 3 aliphatic rings. The first kappa shape index (κ1) is 99.1. The van der Waals surface area contributed by atoms with Crippen molar-refractivity contribution in [3.05, 3.63) is 71.8 Å². The van der Waals surface area contributed by atoms with Crippen molar-refractivity contribution in [3.8, 4) is 0 Å². The second kappa shape index (κ2) is 51.8. The lowest BCUT2D eigenvalue weighted by Crippen LogP contribution is -2.58. The molecule has 119 heavy (non-hydrogen) atoms. The van der Waals surface area contributed by atoms with Crippen molar-refractivity contribution < 1.29 is 111 Å². The Labute approximate surface area is 687 Å². The third kappa shape index (κ3) is 40.7. The van der Waals surface area contributed by atoms with Gasteiger partial charge in [-0.3, -0.25) is 107 Å². The zero-order valence-corrected chi connectivity index (χ0v) is 68.9. The Morgan fingerprint density at radius 3 is 1.13 bits per heavy atom. The minimum atomic E-state index is -4.20. The van der Waals surface area contributed by atoms with E-state index in [-0.39, 0.29) is 173 Å². The number of nitrogens with two attached hydrogens (primary N) is 2. The van der Waals surface area contributed by atoms with E-state index in [0.717, 1.165) is 0 Å². The van der Waals surface area contributed by atoms with Gasteiger partial charge in [0, 0.05) is 116 Å². The summed E-state index contributed by atoms with van der Waals surface area (Å²) in [6.07, 6.45) is -4.73. The summed E-state index contributed by atoms with van der Waals surface area (Å²) >= 11 is 0. The van der Waals surface area contributed by atoms with Crippen LogP contribution in [0, 0.1) is 10.8 Å². The average molecular weight is 1730 g/mol. The molecule has 25 N–H and O–H groups in total. The van der Waals surface area contributed by atoms with Gasteiger partial charge in [-0.1, -0.05) is 60.7 Å².